The molecule has 2 aromatic rings. The molecule has 0 aliphatic heterocycles. The van der Waals surface area contributed by atoms with Crippen molar-refractivity contribution in [3.05, 3.63) is 52.7 Å². The summed E-state index contributed by atoms with van der Waals surface area (Å²) in [6.07, 6.45) is 0. The van der Waals surface area contributed by atoms with Gasteiger partial charge in [0.25, 0.3) is 5.91 Å². The first kappa shape index (κ1) is 14.3. The van der Waals surface area contributed by atoms with Crippen LogP contribution in [0.25, 0.3) is 0 Å². The summed E-state index contributed by atoms with van der Waals surface area (Å²) < 4.78 is 0. The normalized spacial score (nSPS) is 10.9. The molecule has 1 aromatic carbocycles. The quantitative estimate of drug-likeness (QED) is 0.909. The second-order valence-electron chi connectivity index (χ2n) is 4.88. The maximum Gasteiger partial charge on any atom is 0.262 e. The molecular formula is C15H16N2O2S. The Morgan fingerprint density at radius 2 is 1.75 bits per heavy atom. The Hall–Kier alpha value is -2.14. The maximum atomic E-state index is 12.2. The molecule has 0 aliphatic rings. The Morgan fingerprint density at radius 1 is 1.05 bits per heavy atom. The average molecular weight is 288 g/mol. The first-order valence-corrected chi connectivity index (χ1v) is 7.09. The largest absolute Gasteiger partial charge is 0.337 e. The van der Waals surface area contributed by atoms with Crippen molar-refractivity contribution in [1.82, 2.24) is 5.32 Å². The molecular weight excluding hydrogens is 272 g/mol. The number of rotatable bonds is 4. The minimum absolute atomic E-state index is 0.242. The fraction of sp³-hybridized carbons (Fsp3) is 0.200. The molecule has 2 amide bonds. The van der Waals surface area contributed by atoms with Gasteiger partial charge in [0.15, 0.2) is 0 Å². The van der Waals surface area contributed by atoms with Crippen LogP contribution in [0.15, 0.2) is 47.8 Å². The molecule has 0 aliphatic carbocycles. The Labute approximate surface area is 121 Å². The second-order valence-corrected chi connectivity index (χ2v) is 5.82. The van der Waals surface area contributed by atoms with Crippen molar-refractivity contribution in [2.24, 2.45) is 0 Å². The van der Waals surface area contributed by atoms with Gasteiger partial charge in [-0.1, -0.05) is 24.3 Å². The van der Waals surface area contributed by atoms with Gasteiger partial charge < -0.3 is 10.6 Å². The van der Waals surface area contributed by atoms with Gasteiger partial charge in [-0.25, -0.2) is 0 Å². The van der Waals surface area contributed by atoms with Gasteiger partial charge in [0, 0.05) is 5.69 Å². The topological polar surface area (TPSA) is 58.2 Å². The SMILES string of the molecule is CC(C)(NC(=O)c1cccs1)C(=O)Nc1ccccc1. The van der Waals surface area contributed by atoms with E-state index >= 15 is 0 Å². The van der Waals surface area contributed by atoms with Crippen LogP contribution in [0.3, 0.4) is 0 Å². The van der Waals surface area contributed by atoms with Crippen LogP contribution in [0.1, 0.15) is 23.5 Å². The third-order valence-electron chi connectivity index (χ3n) is 2.77. The van der Waals surface area contributed by atoms with E-state index in [0.717, 1.165) is 0 Å². The van der Waals surface area contributed by atoms with Crippen molar-refractivity contribution in [2.75, 3.05) is 5.32 Å². The fourth-order valence-corrected chi connectivity index (χ4v) is 2.24. The number of hydrogen-bond donors (Lipinski definition) is 2. The summed E-state index contributed by atoms with van der Waals surface area (Å²) in [7, 11) is 0. The molecule has 0 saturated heterocycles. The van der Waals surface area contributed by atoms with Crippen LogP contribution < -0.4 is 10.6 Å². The number of anilines is 1. The van der Waals surface area contributed by atoms with Gasteiger partial charge in [-0.3, -0.25) is 9.59 Å². The Morgan fingerprint density at radius 3 is 2.35 bits per heavy atom. The second kappa shape index (κ2) is 5.88. The standard InChI is InChI=1S/C15H16N2O2S/c1-15(2,17-13(18)12-9-6-10-20-12)14(19)16-11-7-4-3-5-8-11/h3-10H,1-2H3,(H,16,19)(H,17,18). The lowest BCUT2D eigenvalue weighted by Gasteiger charge is -2.24. The van der Waals surface area contributed by atoms with E-state index < -0.39 is 5.54 Å². The number of carbonyl (C=O) groups excluding carboxylic acids is 2. The number of amides is 2. The highest BCUT2D eigenvalue weighted by Gasteiger charge is 2.30. The van der Waals surface area contributed by atoms with Crippen LogP contribution in [0.4, 0.5) is 5.69 Å². The first-order chi connectivity index (χ1) is 9.49. The Kier molecular flexibility index (Phi) is 4.20. The smallest absolute Gasteiger partial charge is 0.262 e. The van der Waals surface area contributed by atoms with Gasteiger partial charge in [0.2, 0.25) is 5.91 Å². The zero-order valence-electron chi connectivity index (χ0n) is 11.3. The molecule has 20 heavy (non-hydrogen) atoms. The van der Waals surface area contributed by atoms with Gasteiger partial charge in [-0.05, 0) is 37.4 Å². The molecule has 2 rings (SSSR count). The predicted octanol–water partition coefficient (Wildman–Crippen LogP) is 2.90. The molecule has 0 radical (unpaired) electrons. The van der Waals surface area contributed by atoms with E-state index in [1.54, 1.807) is 38.1 Å². The molecule has 0 bridgehead atoms. The van der Waals surface area contributed by atoms with Crippen molar-refractivity contribution in [2.45, 2.75) is 19.4 Å². The van der Waals surface area contributed by atoms with Gasteiger partial charge in [-0.15, -0.1) is 11.3 Å². The van der Waals surface area contributed by atoms with Crippen LogP contribution >= 0.6 is 11.3 Å². The lowest BCUT2D eigenvalue weighted by molar-refractivity contribution is -0.120. The minimum Gasteiger partial charge on any atom is -0.337 e. The number of thiophene rings is 1. The number of benzene rings is 1. The molecule has 1 heterocycles. The highest BCUT2D eigenvalue weighted by atomic mass is 32.1. The lowest BCUT2D eigenvalue weighted by Crippen LogP contribution is -2.52. The number of hydrogen-bond acceptors (Lipinski definition) is 3. The van der Waals surface area contributed by atoms with Gasteiger partial charge >= 0.3 is 0 Å². The van der Waals surface area contributed by atoms with Gasteiger partial charge in [0.1, 0.15) is 5.54 Å². The highest BCUT2D eigenvalue weighted by molar-refractivity contribution is 7.12. The summed E-state index contributed by atoms with van der Waals surface area (Å²) in [4.78, 5) is 24.8. The first-order valence-electron chi connectivity index (χ1n) is 6.21. The molecule has 4 nitrogen and oxygen atoms in total. The number of carbonyl (C=O) groups is 2. The molecule has 0 saturated carbocycles. The summed E-state index contributed by atoms with van der Waals surface area (Å²) in [6.45, 7) is 3.35. The minimum atomic E-state index is -0.989. The molecule has 0 fully saturated rings. The number of para-hydroxylation sites is 1. The van der Waals surface area contributed by atoms with Crippen LogP contribution in [0.2, 0.25) is 0 Å². The Balaban J connectivity index is 2.02. The van der Waals surface area contributed by atoms with E-state index in [1.807, 2.05) is 23.6 Å². The van der Waals surface area contributed by atoms with E-state index in [4.69, 9.17) is 0 Å². The van der Waals surface area contributed by atoms with E-state index in [1.165, 1.54) is 11.3 Å². The van der Waals surface area contributed by atoms with E-state index in [2.05, 4.69) is 10.6 Å². The highest BCUT2D eigenvalue weighted by Crippen LogP contribution is 2.13. The van der Waals surface area contributed by atoms with E-state index in [9.17, 15) is 9.59 Å². The molecule has 0 atom stereocenters. The fourth-order valence-electron chi connectivity index (χ4n) is 1.62. The van der Waals surface area contributed by atoms with Crippen LogP contribution in [-0.2, 0) is 4.79 Å². The van der Waals surface area contributed by atoms with Crippen molar-refractivity contribution in [3.8, 4) is 0 Å². The summed E-state index contributed by atoms with van der Waals surface area (Å²) in [5, 5.41) is 7.35. The van der Waals surface area contributed by atoms with Gasteiger partial charge in [0.05, 0.1) is 4.88 Å². The summed E-state index contributed by atoms with van der Waals surface area (Å²) in [5.41, 5.74) is -0.285. The van der Waals surface area contributed by atoms with E-state index in [-0.39, 0.29) is 11.8 Å². The molecule has 2 N–H and O–H groups in total. The molecule has 1 aromatic heterocycles. The third kappa shape index (κ3) is 3.45. The zero-order valence-corrected chi connectivity index (χ0v) is 12.2. The number of nitrogens with one attached hydrogen (secondary N) is 2. The summed E-state index contributed by atoms with van der Waals surface area (Å²) in [6, 6.07) is 12.7. The molecule has 104 valence electrons. The van der Waals surface area contributed by atoms with Crippen LogP contribution in [0, 0.1) is 0 Å². The average Bonchev–Trinajstić information content (AvgIpc) is 2.93. The van der Waals surface area contributed by atoms with Crippen LogP contribution in [-0.4, -0.2) is 17.4 Å². The summed E-state index contributed by atoms with van der Waals surface area (Å²) in [5.74, 6) is -0.498. The molecule has 5 heteroatoms. The zero-order chi connectivity index (χ0) is 14.6. The van der Waals surface area contributed by atoms with E-state index in [0.29, 0.717) is 10.6 Å². The van der Waals surface area contributed by atoms with Crippen molar-refractivity contribution in [3.63, 3.8) is 0 Å². The predicted molar refractivity (Wildman–Crippen MR) is 80.9 cm³/mol. The maximum absolute atomic E-state index is 12.2. The monoisotopic (exact) mass is 288 g/mol. The molecule has 0 unspecified atom stereocenters. The van der Waals surface area contributed by atoms with Crippen molar-refractivity contribution < 1.29 is 9.59 Å². The summed E-state index contributed by atoms with van der Waals surface area (Å²) >= 11 is 1.34. The van der Waals surface area contributed by atoms with Crippen molar-refractivity contribution in [1.29, 1.82) is 0 Å². The lowest BCUT2D eigenvalue weighted by atomic mass is 10.0. The van der Waals surface area contributed by atoms with Crippen LogP contribution in [0.5, 0.6) is 0 Å². The molecule has 0 spiro atoms. The van der Waals surface area contributed by atoms with Crippen molar-refractivity contribution >= 4 is 28.8 Å². The third-order valence-corrected chi connectivity index (χ3v) is 3.64. The van der Waals surface area contributed by atoms with Gasteiger partial charge in [-0.2, -0.15) is 0 Å². The Bertz CT molecular complexity index is 592.